The number of aromatic hydroxyl groups is 1. The van der Waals surface area contributed by atoms with E-state index in [2.05, 4.69) is 25.7 Å². The van der Waals surface area contributed by atoms with Crippen LogP contribution in [0.25, 0.3) is 10.6 Å². The van der Waals surface area contributed by atoms with Gasteiger partial charge < -0.3 is 15.2 Å². The molecule has 28 heavy (non-hydrogen) atoms. The van der Waals surface area contributed by atoms with Gasteiger partial charge in [-0.3, -0.25) is 10.3 Å². The number of rotatable bonds is 6. The number of benzene rings is 1. The predicted octanol–water partition coefficient (Wildman–Crippen LogP) is 2.34. The standard InChI is InChI=1S/C19H25N5O2S2/c1-13-17(28-18(21-13)15-3-5-16(25)6-4-15)14(2)22-23-19(27)20-7-8-24-9-11-26-12-10-24/h3-6,25H,7-12H2,1-2H3,(H2,20,23,27)/b22-14+. The Kier molecular flexibility index (Phi) is 7.32. The third-order valence-corrected chi connectivity index (χ3v) is 5.93. The van der Waals surface area contributed by atoms with Gasteiger partial charge in [0, 0.05) is 31.7 Å². The van der Waals surface area contributed by atoms with Crippen LogP contribution in [-0.2, 0) is 4.74 Å². The van der Waals surface area contributed by atoms with Crippen LogP contribution in [0.3, 0.4) is 0 Å². The van der Waals surface area contributed by atoms with E-state index in [0.29, 0.717) is 5.11 Å². The number of hydrogen-bond acceptors (Lipinski definition) is 7. The van der Waals surface area contributed by atoms with E-state index in [4.69, 9.17) is 17.0 Å². The van der Waals surface area contributed by atoms with Crippen molar-refractivity contribution >= 4 is 34.4 Å². The Balaban J connectivity index is 1.52. The highest BCUT2D eigenvalue weighted by Crippen LogP contribution is 2.29. The minimum atomic E-state index is 0.244. The van der Waals surface area contributed by atoms with Gasteiger partial charge in [-0.05, 0) is 50.3 Å². The molecule has 9 heteroatoms. The largest absolute Gasteiger partial charge is 0.508 e. The first-order chi connectivity index (χ1) is 13.5. The zero-order valence-corrected chi connectivity index (χ0v) is 17.7. The van der Waals surface area contributed by atoms with E-state index in [1.54, 1.807) is 23.5 Å². The molecule has 3 rings (SSSR count). The lowest BCUT2D eigenvalue weighted by Crippen LogP contribution is -2.42. The third-order valence-electron chi connectivity index (χ3n) is 4.38. The van der Waals surface area contributed by atoms with Gasteiger partial charge in [0.15, 0.2) is 5.11 Å². The zero-order chi connectivity index (χ0) is 19.9. The Morgan fingerprint density at radius 2 is 2.04 bits per heavy atom. The van der Waals surface area contributed by atoms with Crippen molar-refractivity contribution in [1.82, 2.24) is 20.6 Å². The first-order valence-electron chi connectivity index (χ1n) is 9.18. The molecule has 0 unspecified atom stereocenters. The number of morpholine rings is 1. The summed E-state index contributed by atoms with van der Waals surface area (Å²) in [6.07, 6.45) is 0. The Labute approximate surface area is 174 Å². The van der Waals surface area contributed by atoms with Crippen LogP contribution < -0.4 is 10.7 Å². The molecule has 150 valence electrons. The summed E-state index contributed by atoms with van der Waals surface area (Å²) in [5, 5.41) is 18.4. The molecule has 0 atom stereocenters. The number of thiocarbonyl (C=S) groups is 1. The molecular weight excluding hydrogens is 394 g/mol. The van der Waals surface area contributed by atoms with Crippen LogP contribution in [0.4, 0.5) is 0 Å². The molecule has 2 heterocycles. The fourth-order valence-electron chi connectivity index (χ4n) is 2.84. The number of nitrogens with one attached hydrogen (secondary N) is 2. The van der Waals surface area contributed by atoms with Crippen molar-refractivity contribution in [3.63, 3.8) is 0 Å². The molecule has 0 radical (unpaired) electrons. The summed E-state index contributed by atoms with van der Waals surface area (Å²) in [6.45, 7) is 9.13. The van der Waals surface area contributed by atoms with Gasteiger partial charge in [-0.15, -0.1) is 11.3 Å². The van der Waals surface area contributed by atoms with Gasteiger partial charge >= 0.3 is 0 Å². The third kappa shape index (κ3) is 5.71. The van der Waals surface area contributed by atoms with Crippen LogP contribution in [-0.4, -0.2) is 65.2 Å². The molecule has 3 N–H and O–H groups in total. The zero-order valence-electron chi connectivity index (χ0n) is 16.1. The van der Waals surface area contributed by atoms with Gasteiger partial charge in [0.2, 0.25) is 0 Å². The molecule has 0 amide bonds. The van der Waals surface area contributed by atoms with Gasteiger partial charge in [-0.25, -0.2) is 4.98 Å². The molecule has 7 nitrogen and oxygen atoms in total. The lowest BCUT2D eigenvalue weighted by atomic mass is 10.2. The van der Waals surface area contributed by atoms with E-state index in [0.717, 1.165) is 66.2 Å². The minimum Gasteiger partial charge on any atom is -0.508 e. The highest BCUT2D eigenvalue weighted by molar-refractivity contribution is 7.80. The molecule has 0 saturated carbocycles. The maximum atomic E-state index is 9.44. The highest BCUT2D eigenvalue weighted by atomic mass is 32.1. The van der Waals surface area contributed by atoms with Crippen molar-refractivity contribution in [2.45, 2.75) is 13.8 Å². The fourth-order valence-corrected chi connectivity index (χ4v) is 4.00. The van der Waals surface area contributed by atoms with E-state index >= 15 is 0 Å². The second-order valence-electron chi connectivity index (χ2n) is 6.50. The summed E-state index contributed by atoms with van der Waals surface area (Å²) in [4.78, 5) is 7.98. The number of ether oxygens (including phenoxy) is 1. The van der Waals surface area contributed by atoms with Gasteiger partial charge in [-0.2, -0.15) is 5.10 Å². The second-order valence-corrected chi connectivity index (χ2v) is 7.91. The van der Waals surface area contributed by atoms with E-state index in [1.807, 2.05) is 26.0 Å². The maximum absolute atomic E-state index is 9.44. The lowest BCUT2D eigenvalue weighted by Gasteiger charge is -2.26. The molecular formula is C19H25N5O2S2. The molecule has 2 aromatic rings. The summed E-state index contributed by atoms with van der Waals surface area (Å²) in [5.74, 6) is 0.244. The molecule has 1 fully saturated rings. The molecule has 1 aliphatic heterocycles. The van der Waals surface area contributed by atoms with E-state index in [1.165, 1.54) is 0 Å². The molecule has 1 aromatic heterocycles. The number of aryl methyl sites for hydroxylation is 1. The van der Waals surface area contributed by atoms with E-state index in [9.17, 15) is 5.11 Å². The van der Waals surface area contributed by atoms with Crippen molar-refractivity contribution < 1.29 is 9.84 Å². The number of phenols is 1. The Hall–Kier alpha value is -2.07. The first-order valence-corrected chi connectivity index (χ1v) is 10.4. The number of phenolic OH excluding ortho intramolecular Hbond substituents is 1. The van der Waals surface area contributed by atoms with Gasteiger partial charge in [-0.1, -0.05) is 0 Å². The molecule has 0 spiro atoms. The quantitative estimate of drug-likeness (QED) is 0.377. The first kappa shape index (κ1) is 20.7. The molecule has 1 saturated heterocycles. The van der Waals surface area contributed by atoms with Crippen molar-refractivity contribution in [3.8, 4) is 16.3 Å². The van der Waals surface area contributed by atoms with Crippen LogP contribution in [0.15, 0.2) is 29.4 Å². The molecule has 0 aliphatic carbocycles. The Bertz CT molecular complexity index is 829. The van der Waals surface area contributed by atoms with E-state index in [-0.39, 0.29) is 5.75 Å². The second kappa shape index (κ2) is 9.92. The number of hydrazone groups is 1. The number of nitrogens with zero attached hydrogens (tertiary/aromatic N) is 3. The average molecular weight is 420 g/mol. The summed E-state index contributed by atoms with van der Waals surface area (Å²) < 4.78 is 5.35. The normalized spacial score (nSPS) is 15.4. The Morgan fingerprint density at radius 1 is 1.32 bits per heavy atom. The maximum Gasteiger partial charge on any atom is 0.187 e. The smallest absolute Gasteiger partial charge is 0.187 e. The summed E-state index contributed by atoms with van der Waals surface area (Å²) >= 11 is 6.88. The van der Waals surface area contributed by atoms with Gasteiger partial charge in [0.05, 0.1) is 29.5 Å². The molecule has 1 aliphatic rings. The summed E-state index contributed by atoms with van der Waals surface area (Å²) in [5.41, 5.74) is 5.63. The summed E-state index contributed by atoms with van der Waals surface area (Å²) in [6, 6.07) is 7.04. The van der Waals surface area contributed by atoms with Crippen LogP contribution in [0.1, 0.15) is 17.5 Å². The molecule has 0 bridgehead atoms. The predicted molar refractivity (Wildman–Crippen MR) is 117 cm³/mol. The summed E-state index contributed by atoms with van der Waals surface area (Å²) in [7, 11) is 0. The topological polar surface area (TPSA) is 82.0 Å². The van der Waals surface area contributed by atoms with Crippen LogP contribution >= 0.6 is 23.6 Å². The van der Waals surface area contributed by atoms with Crippen molar-refractivity contribution in [3.05, 3.63) is 34.8 Å². The number of hydrogen-bond donors (Lipinski definition) is 3. The van der Waals surface area contributed by atoms with Crippen LogP contribution in [0.2, 0.25) is 0 Å². The van der Waals surface area contributed by atoms with E-state index < -0.39 is 0 Å². The monoisotopic (exact) mass is 419 g/mol. The average Bonchev–Trinajstić information content (AvgIpc) is 3.09. The van der Waals surface area contributed by atoms with Crippen LogP contribution in [0, 0.1) is 6.92 Å². The van der Waals surface area contributed by atoms with Gasteiger partial charge in [0.1, 0.15) is 10.8 Å². The van der Waals surface area contributed by atoms with Crippen LogP contribution in [0.5, 0.6) is 5.75 Å². The van der Waals surface area contributed by atoms with Crippen molar-refractivity contribution in [2.75, 3.05) is 39.4 Å². The van der Waals surface area contributed by atoms with Crippen molar-refractivity contribution in [2.24, 2.45) is 5.10 Å². The molecule has 1 aromatic carbocycles. The van der Waals surface area contributed by atoms with Crippen molar-refractivity contribution in [1.29, 1.82) is 0 Å². The van der Waals surface area contributed by atoms with Gasteiger partial charge in [0.25, 0.3) is 0 Å². The number of thiazole rings is 1. The fraction of sp³-hybridized carbons (Fsp3) is 0.421. The SMILES string of the molecule is C/C(=N\NC(=S)NCCN1CCOCC1)c1sc(-c2ccc(O)cc2)nc1C. The number of aromatic nitrogens is 1. The highest BCUT2D eigenvalue weighted by Gasteiger charge is 2.12. The minimum absolute atomic E-state index is 0.244. The lowest BCUT2D eigenvalue weighted by molar-refractivity contribution is 0.0389. The Morgan fingerprint density at radius 3 is 2.75 bits per heavy atom.